The number of nitrogens with zero attached hydrogens (tertiary/aromatic N) is 1. The largest absolute Gasteiger partial charge is 0.419 e. The molecule has 0 radical (unpaired) electrons. The predicted octanol–water partition coefficient (Wildman–Crippen LogP) is 1.99. The summed E-state index contributed by atoms with van der Waals surface area (Å²) in [7, 11) is 1.58. The van der Waals surface area contributed by atoms with E-state index in [9.17, 15) is 9.59 Å². The van der Waals surface area contributed by atoms with Crippen molar-refractivity contribution in [2.75, 3.05) is 0 Å². The molecule has 0 unspecified atom stereocenters. The van der Waals surface area contributed by atoms with E-state index in [1.54, 1.807) is 13.1 Å². The Labute approximate surface area is 90.1 Å². The zero-order valence-corrected chi connectivity index (χ0v) is 8.96. The summed E-state index contributed by atoms with van der Waals surface area (Å²) in [6.45, 7) is 1.41. The van der Waals surface area contributed by atoms with E-state index in [0.29, 0.717) is 21.7 Å². The van der Waals surface area contributed by atoms with Gasteiger partial charge in [-0.15, -0.1) is 0 Å². The normalized spacial score (nSPS) is 10.9. The SMILES string of the molecule is CC(=O)c1cc2oc(=O)n(C)c2cc1Cl. The molecule has 0 bridgehead atoms. The molecule has 0 spiro atoms. The number of fused-ring (bicyclic) bond motifs is 1. The van der Waals surface area contributed by atoms with Crippen LogP contribution in [0.5, 0.6) is 0 Å². The van der Waals surface area contributed by atoms with Crippen LogP contribution in [0.2, 0.25) is 5.02 Å². The van der Waals surface area contributed by atoms with E-state index in [0.717, 1.165) is 0 Å². The molecule has 15 heavy (non-hydrogen) atoms. The predicted molar refractivity (Wildman–Crippen MR) is 56.5 cm³/mol. The van der Waals surface area contributed by atoms with Gasteiger partial charge in [-0.05, 0) is 19.1 Å². The quantitative estimate of drug-likeness (QED) is 0.698. The maximum absolute atomic E-state index is 11.2. The summed E-state index contributed by atoms with van der Waals surface area (Å²) in [6, 6.07) is 3.04. The summed E-state index contributed by atoms with van der Waals surface area (Å²) in [4.78, 5) is 22.4. The molecule has 4 nitrogen and oxygen atoms in total. The summed E-state index contributed by atoms with van der Waals surface area (Å²) >= 11 is 5.90. The Kier molecular flexibility index (Phi) is 2.16. The second-order valence-electron chi connectivity index (χ2n) is 3.28. The maximum atomic E-state index is 11.2. The molecular weight excluding hydrogens is 218 g/mol. The van der Waals surface area contributed by atoms with Gasteiger partial charge in [0, 0.05) is 12.6 Å². The number of aryl methyl sites for hydroxylation is 1. The van der Waals surface area contributed by atoms with Gasteiger partial charge in [0.1, 0.15) is 0 Å². The lowest BCUT2D eigenvalue weighted by Crippen LogP contribution is -2.08. The Morgan fingerprint density at radius 3 is 2.73 bits per heavy atom. The Morgan fingerprint density at radius 2 is 2.13 bits per heavy atom. The molecule has 0 saturated carbocycles. The zero-order valence-electron chi connectivity index (χ0n) is 8.20. The number of carbonyl (C=O) groups excluding carboxylic acids is 1. The molecule has 0 fully saturated rings. The van der Waals surface area contributed by atoms with Crippen LogP contribution in [0.4, 0.5) is 0 Å². The van der Waals surface area contributed by atoms with Gasteiger partial charge >= 0.3 is 5.76 Å². The van der Waals surface area contributed by atoms with Crippen molar-refractivity contribution >= 4 is 28.5 Å². The van der Waals surface area contributed by atoms with Crippen LogP contribution in [0.3, 0.4) is 0 Å². The molecule has 5 heteroatoms. The lowest BCUT2D eigenvalue weighted by atomic mass is 10.1. The maximum Gasteiger partial charge on any atom is 0.419 e. The van der Waals surface area contributed by atoms with E-state index in [1.807, 2.05) is 0 Å². The smallest absolute Gasteiger partial charge is 0.408 e. The topological polar surface area (TPSA) is 52.2 Å². The van der Waals surface area contributed by atoms with Crippen molar-refractivity contribution < 1.29 is 9.21 Å². The average Bonchev–Trinajstić information content (AvgIpc) is 2.43. The molecule has 0 aliphatic rings. The van der Waals surface area contributed by atoms with Crippen LogP contribution >= 0.6 is 11.6 Å². The molecule has 0 atom stereocenters. The van der Waals surface area contributed by atoms with Gasteiger partial charge in [0.2, 0.25) is 0 Å². The minimum absolute atomic E-state index is 0.159. The highest BCUT2D eigenvalue weighted by molar-refractivity contribution is 6.34. The van der Waals surface area contributed by atoms with Gasteiger partial charge in [0.05, 0.1) is 10.5 Å². The minimum Gasteiger partial charge on any atom is -0.408 e. The fourth-order valence-electron chi connectivity index (χ4n) is 1.42. The molecule has 1 heterocycles. The number of aromatic nitrogens is 1. The van der Waals surface area contributed by atoms with Gasteiger partial charge in [-0.2, -0.15) is 0 Å². The molecule has 0 aliphatic heterocycles. The van der Waals surface area contributed by atoms with Gasteiger partial charge in [-0.3, -0.25) is 9.36 Å². The van der Waals surface area contributed by atoms with E-state index in [-0.39, 0.29) is 5.78 Å². The van der Waals surface area contributed by atoms with E-state index < -0.39 is 5.76 Å². The lowest BCUT2D eigenvalue weighted by Gasteiger charge is -1.99. The second kappa shape index (κ2) is 3.24. The first-order valence-electron chi connectivity index (χ1n) is 4.30. The van der Waals surface area contributed by atoms with Gasteiger partial charge in [-0.1, -0.05) is 11.6 Å². The number of rotatable bonds is 1. The fraction of sp³-hybridized carbons (Fsp3) is 0.200. The van der Waals surface area contributed by atoms with E-state index in [2.05, 4.69) is 0 Å². The highest BCUT2D eigenvalue weighted by atomic mass is 35.5. The van der Waals surface area contributed by atoms with Crippen molar-refractivity contribution in [1.82, 2.24) is 4.57 Å². The van der Waals surface area contributed by atoms with Crippen molar-refractivity contribution in [3.8, 4) is 0 Å². The first kappa shape index (κ1) is 9.98. The molecule has 0 N–H and O–H groups in total. The second-order valence-corrected chi connectivity index (χ2v) is 3.69. The number of carbonyl (C=O) groups is 1. The number of Topliss-reactive ketones (excluding diaryl/α,β-unsaturated/α-hetero) is 1. The molecule has 1 aromatic carbocycles. The average molecular weight is 226 g/mol. The van der Waals surface area contributed by atoms with Crippen molar-refractivity contribution in [3.05, 3.63) is 33.3 Å². The van der Waals surface area contributed by atoms with Gasteiger partial charge in [-0.25, -0.2) is 4.79 Å². The van der Waals surface area contributed by atoms with Crippen LogP contribution in [0.25, 0.3) is 11.1 Å². The number of halogens is 1. The number of hydrogen-bond acceptors (Lipinski definition) is 3. The summed E-state index contributed by atoms with van der Waals surface area (Å²) in [5, 5.41) is 0.325. The summed E-state index contributed by atoms with van der Waals surface area (Å²) < 4.78 is 6.28. The number of oxazole rings is 1. The van der Waals surface area contributed by atoms with Gasteiger partial charge in [0.15, 0.2) is 11.4 Å². The minimum atomic E-state index is -0.471. The van der Waals surface area contributed by atoms with Crippen LogP contribution < -0.4 is 5.76 Å². The van der Waals surface area contributed by atoms with Crippen molar-refractivity contribution in [3.63, 3.8) is 0 Å². The van der Waals surface area contributed by atoms with Crippen LogP contribution in [0.1, 0.15) is 17.3 Å². The summed E-state index contributed by atoms with van der Waals surface area (Å²) in [5.74, 6) is -0.629. The molecule has 0 amide bonds. The van der Waals surface area contributed by atoms with Crippen LogP contribution in [-0.2, 0) is 7.05 Å². The molecule has 1 aromatic heterocycles. The third-order valence-corrected chi connectivity index (χ3v) is 2.57. The van der Waals surface area contributed by atoms with Crippen molar-refractivity contribution in [2.24, 2.45) is 7.05 Å². The van der Waals surface area contributed by atoms with Crippen LogP contribution in [-0.4, -0.2) is 10.4 Å². The van der Waals surface area contributed by atoms with E-state index >= 15 is 0 Å². The number of ketones is 1. The molecule has 2 rings (SSSR count). The monoisotopic (exact) mass is 225 g/mol. The summed E-state index contributed by atoms with van der Waals surface area (Å²) in [6.07, 6.45) is 0. The Hall–Kier alpha value is -1.55. The molecule has 78 valence electrons. The van der Waals surface area contributed by atoms with Crippen LogP contribution in [0, 0.1) is 0 Å². The molecule has 2 aromatic rings. The van der Waals surface area contributed by atoms with Crippen LogP contribution in [0.15, 0.2) is 21.3 Å². The standard InChI is InChI=1S/C10H8ClNO3/c1-5(13)6-3-9-8(4-7(6)11)12(2)10(14)15-9/h3-4H,1-2H3. The Balaban J connectivity index is 2.88. The Bertz CT molecular complexity index is 609. The number of benzene rings is 1. The van der Waals surface area contributed by atoms with E-state index in [1.165, 1.54) is 17.6 Å². The lowest BCUT2D eigenvalue weighted by molar-refractivity contribution is 0.101. The van der Waals surface area contributed by atoms with Gasteiger partial charge < -0.3 is 4.42 Å². The third-order valence-electron chi connectivity index (χ3n) is 2.26. The van der Waals surface area contributed by atoms with Crippen molar-refractivity contribution in [1.29, 1.82) is 0 Å². The third kappa shape index (κ3) is 1.47. The zero-order chi connectivity index (χ0) is 11.2. The first-order valence-corrected chi connectivity index (χ1v) is 4.68. The Morgan fingerprint density at radius 1 is 1.47 bits per heavy atom. The highest BCUT2D eigenvalue weighted by Crippen LogP contribution is 2.23. The molecular formula is C10H8ClNO3. The van der Waals surface area contributed by atoms with E-state index in [4.69, 9.17) is 16.0 Å². The fourth-order valence-corrected chi connectivity index (χ4v) is 1.71. The molecule has 0 aliphatic carbocycles. The highest BCUT2D eigenvalue weighted by Gasteiger charge is 2.12. The first-order chi connectivity index (χ1) is 7.00. The number of hydrogen-bond donors (Lipinski definition) is 0. The van der Waals surface area contributed by atoms with Gasteiger partial charge in [0.25, 0.3) is 0 Å². The molecule has 0 saturated heterocycles. The summed E-state index contributed by atoms with van der Waals surface area (Å²) in [5.41, 5.74) is 1.31. The van der Waals surface area contributed by atoms with Crippen molar-refractivity contribution in [2.45, 2.75) is 6.92 Å².